The summed E-state index contributed by atoms with van der Waals surface area (Å²) in [5.41, 5.74) is 2.37. The summed E-state index contributed by atoms with van der Waals surface area (Å²) in [6.07, 6.45) is 5.31. The number of nitrogens with one attached hydrogen (secondary N) is 1. The largest absolute Gasteiger partial charge is 0.347 e. The molecule has 1 atom stereocenters. The smallest absolute Gasteiger partial charge is 0.251 e. The first-order valence-corrected chi connectivity index (χ1v) is 7.86. The van der Waals surface area contributed by atoms with Crippen molar-refractivity contribution in [3.63, 3.8) is 0 Å². The molecular formula is C16H17N7O. The molecule has 1 aromatic carbocycles. The first-order valence-electron chi connectivity index (χ1n) is 7.86. The lowest BCUT2D eigenvalue weighted by Crippen LogP contribution is -2.40. The van der Waals surface area contributed by atoms with E-state index in [0.717, 1.165) is 36.6 Å². The second-order valence-corrected chi connectivity index (χ2v) is 5.96. The van der Waals surface area contributed by atoms with Gasteiger partial charge in [-0.3, -0.25) is 4.79 Å². The van der Waals surface area contributed by atoms with Gasteiger partial charge in [-0.25, -0.2) is 9.67 Å². The molecule has 8 nitrogen and oxygen atoms in total. The minimum absolute atomic E-state index is 0.0878. The van der Waals surface area contributed by atoms with Crippen LogP contribution in [0.25, 0.3) is 5.69 Å². The molecule has 0 spiro atoms. The van der Waals surface area contributed by atoms with Crippen molar-refractivity contribution in [3.8, 4) is 5.69 Å². The molecule has 24 heavy (non-hydrogen) atoms. The van der Waals surface area contributed by atoms with Gasteiger partial charge in [-0.15, -0.1) is 5.10 Å². The minimum Gasteiger partial charge on any atom is -0.347 e. The fraction of sp³-hybridized carbons (Fsp3) is 0.312. The fourth-order valence-corrected chi connectivity index (χ4v) is 3.04. The summed E-state index contributed by atoms with van der Waals surface area (Å²) in [7, 11) is 0. The van der Waals surface area contributed by atoms with Gasteiger partial charge in [0.2, 0.25) is 0 Å². The van der Waals surface area contributed by atoms with Crippen molar-refractivity contribution in [3.05, 3.63) is 53.9 Å². The van der Waals surface area contributed by atoms with Gasteiger partial charge in [-0.2, -0.15) is 0 Å². The number of benzene rings is 1. The number of nitrogens with zero attached hydrogens (tertiary/aromatic N) is 6. The molecule has 2 aromatic heterocycles. The number of imidazole rings is 1. The van der Waals surface area contributed by atoms with Gasteiger partial charge >= 0.3 is 0 Å². The monoisotopic (exact) mass is 323 g/mol. The maximum absolute atomic E-state index is 12.6. The molecule has 0 radical (unpaired) electrons. The summed E-state index contributed by atoms with van der Waals surface area (Å²) in [6, 6.07) is 7.36. The lowest BCUT2D eigenvalue weighted by molar-refractivity contribution is 0.0927. The molecule has 1 aliphatic heterocycles. The third kappa shape index (κ3) is 2.78. The summed E-state index contributed by atoms with van der Waals surface area (Å²) in [5, 5.41) is 14.2. The lowest BCUT2D eigenvalue weighted by Gasteiger charge is -2.24. The zero-order chi connectivity index (χ0) is 16.5. The summed E-state index contributed by atoms with van der Waals surface area (Å²) in [5.74, 6) is 1.01. The number of rotatable bonds is 3. The predicted molar refractivity (Wildman–Crippen MR) is 85.7 cm³/mol. The normalized spacial score (nSPS) is 16.6. The third-order valence-corrected chi connectivity index (χ3v) is 4.17. The number of tetrazole rings is 1. The molecule has 122 valence electrons. The molecule has 0 saturated carbocycles. The van der Waals surface area contributed by atoms with E-state index in [2.05, 4.69) is 30.4 Å². The van der Waals surface area contributed by atoms with Crippen LogP contribution < -0.4 is 5.32 Å². The van der Waals surface area contributed by atoms with E-state index in [1.165, 1.54) is 11.0 Å². The Kier molecular flexibility index (Phi) is 3.56. The number of hydrogen-bond acceptors (Lipinski definition) is 5. The molecular weight excluding hydrogens is 306 g/mol. The lowest BCUT2D eigenvalue weighted by atomic mass is 10.1. The Hall–Kier alpha value is -3.03. The van der Waals surface area contributed by atoms with Gasteiger partial charge < -0.3 is 9.88 Å². The number of hydrogen-bond donors (Lipinski definition) is 1. The summed E-state index contributed by atoms with van der Waals surface area (Å²) in [6.45, 7) is 2.75. The molecule has 1 aliphatic rings. The van der Waals surface area contributed by atoms with Crippen LogP contribution in [0.1, 0.15) is 28.3 Å². The standard InChI is InChI=1S/C16H17N7O/c1-11-8-22-9-13(5-6-15(22)18-11)19-16(24)12-3-2-4-14(7-12)23-10-17-20-21-23/h2-4,7-8,10,13H,5-6,9H2,1H3,(H,19,24). The van der Waals surface area contributed by atoms with Crippen molar-refractivity contribution >= 4 is 5.91 Å². The highest BCUT2D eigenvalue weighted by Crippen LogP contribution is 2.16. The van der Waals surface area contributed by atoms with Crippen LogP contribution in [0.15, 0.2) is 36.8 Å². The highest BCUT2D eigenvalue weighted by Gasteiger charge is 2.21. The van der Waals surface area contributed by atoms with Crippen LogP contribution >= 0.6 is 0 Å². The summed E-state index contributed by atoms with van der Waals surface area (Å²) < 4.78 is 3.65. The molecule has 8 heteroatoms. The van der Waals surface area contributed by atoms with Crippen LogP contribution in [-0.2, 0) is 13.0 Å². The van der Waals surface area contributed by atoms with Crippen LogP contribution in [0, 0.1) is 6.92 Å². The van der Waals surface area contributed by atoms with Gasteiger partial charge in [0.25, 0.3) is 5.91 Å². The summed E-state index contributed by atoms with van der Waals surface area (Å²) >= 11 is 0. The average Bonchev–Trinajstić information content (AvgIpc) is 3.23. The van der Waals surface area contributed by atoms with E-state index in [1.807, 2.05) is 25.3 Å². The molecule has 1 N–H and O–H groups in total. The maximum atomic E-state index is 12.6. The van der Waals surface area contributed by atoms with Crippen molar-refractivity contribution in [1.82, 2.24) is 35.1 Å². The van der Waals surface area contributed by atoms with Gasteiger partial charge in [0.1, 0.15) is 12.2 Å². The van der Waals surface area contributed by atoms with Crippen LogP contribution in [0.3, 0.4) is 0 Å². The van der Waals surface area contributed by atoms with Gasteiger partial charge in [-0.05, 0) is 42.0 Å². The zero-order valence-electron chi connectivity index (χ0n) is 13.3. The molecule has 0 fully saturated rings. The van der Waals surface area contributed by atoms with E-state index in [-0.39, 0.29) is 11.9 Å². The molecule has 0 bridgehead atoms. The zero-order valence-corrected chi connectivity index (χ0v) is 13.3. The first-order chi connectivity index (χ1) is 11.7. The SMILES string of the molecule is Cc1cn2c(n1)CCC(NC(=O)c1cccc(-n3cnnn3)c1)C2. The molecule has 1 unspecified atom stereocenters. The molecule has 3 heterocycles. The quantitative estimate of drug-likeness (QED) is 0.774. The van der Waals surface area contributed by atoms with E-state index in [1.54, 1.807) is 12.1 Å². The maximum Gasteiger partial charge on any atom is 0.251 e. The Bertz CT molecular complexity index is 868. The molecule has 0 aliphatic carbocycles. The Morgan fingerprint density at radius 2 is 2.29 bits per heavy atom. The number of carbonyl (C=O) groups excluding carboxylic acids is 1. The van der Waals surface area contributed by atoms with Crippen molar-refractivity contribution in [1.29, 1.82) is 0 Å². The highest BCUT2D eigenvalue weighted by molar-refractivity contribution is 5.94. The van der Waals surface area contributed by atoms with E-state index < -0.39 is 0 Å². The Morgan fingerprint density at radius 3 is 3.12 bits per heavy atom. The van der Waals surface area contributed by atoms with Crippen LogP contribution in [0.4, 0.5) is 0 Å². The van der Waals surface area contributed by atoms with Gasteiger partial charge in [0.15, 0.2) is 0 Å². The topological polar surface area (TPSA) is 90.5 Å². The van der Waals surface area contributed by atoms with Gasteiger partial charge in [0.05, 0.1) is 11.4 Å². The fourth-order valence-electron chi connectivity index (χ4n) is 3.04. The molecule has 3 aromatic rings. The average molecular weight is 323 g/mol. The Labute approximate surface area is 138 Å². The van der Waals surface area contributed by atoms with Gasteiger partial charge in [0, 0.05) is 30.8 Å². The van der Waals surface area contributed by atoms with Crippen molar-refractivity contribution in [2.75, 3.05) is 0 Å². The predicted octanol–water partition coefficient (Wildman–Crippen LogP) is 0.912. The first kappa shape index (κ1) is 14.6. The number of aromatic nitrogens is 6. The van der Waals surface area contributed by atoms with E-state index in [9.17, 15) is 4.79 Å². The van der Waals surface area contributed by atoms with E-state index >= 15 is 0 Å². The number of aryl methyl sites for hydroxylation is 2. The van der Waals surface area contributed by atoms with E-state index in [4.69, 9.17) is 0 Å². The number of amides is 1. The van der Waals surface area contributed by atoms with Crippen molar-refractivity contribution in [2.24, 2.45) is 0 Å². The number of carbonyl (C=O) groups is 1. The Balaban J connectivity index is 1.48. The van der Waals surface area contributed by atoms with E-state index in [0.29, 0.717) is 5.56 Å². The second-order valence-electron chi connectivity index (χ2n) is 5.96. The molecule has 1 amide bonds. The van der Waals surface area contributed by atoms with Crippen LogP contribution in [-0.4, -0.2) is 41.7 Å². The molecule has 4 rings (SSSR count). The number of fused-ring (bicyclic) bond motifs is 1. The second kappa shape index (κ2) is 5.88. The third-order valence-electron chi connectivity index (χ3n) is 4.17. The van der Waals surface area contributed by atoms with Crippen LogP contribution in [0.5, 0.6) is 0 Å². The highest BCUT2D eigenvalue weighted by atomic mass is 16.1. The minimum atomic E-state index is -0.0878. The van der Waals surface area contributed by atoms with Crippen LogP contribution in [0.2, 0.25) is 0 Å². The summed E-state index contributed by atoms with van der Waals surface area (Å²) in [4.78, 5) is 17.0. The van der Waals surface area contributed by atoms with Gasteiger partial charge in [-0.1, -0.05) is 6.07 Å². The van der Waals surface area contributed by atoms with Crippen molar-refractivity contribution in [2.45, 2.75) is 32.4 Å². The van der Waals surface area contributed by atoms with Crippen molar-refractivity contribution < 1.29 is 4.79 Å². The molecule has 0 saturated heterocycles. The Morgan fingerprint density at radius 1 is 1.38 bits per heavy atom.